The summed E-state index contributed by atoms with van der Waals surface area (Å²) in [6, 6.07) is 8.90. The Balaban J connectivity index is 1.89. The summed E-state index contributed by atoms with van der Waals surface area (Å²) in [5, 5.41) is 3.52. The number of benzene rings is 1. The summed E-state index contributed by atoms with van der Waals surface area (Å²) in [5.41, 5.74) is 0.716. The van der Waals surface area contributed by atoms with Gasteiger partial charge in [0.2, 0.25) is 0 Å². The fraction of sp³-hybridized carbons (Fsp3) is 0.118. The number of nitrogens with one attached hydrogen (secondary N) is 2. The number of aromatic amines is 1. The second-order valence-electron chi connectivity index (χ2n) is 5.15. The highest BCUT2D eigenvalue weighted by atomic mass is 35.5. The van der Waals surface area contributed by atoms with E-state index in [0.717, 1.165) is 6.07 Å². The third-order valence-electron chi connectivity index (χ3n) is 3.41. The van der Waals surface area contributed by atoms with Crippen LogP contribution in [-0.4, -0.2) is 21.8 Å². The van der Waals surface area contributed by atoms with E-state index in [1.165, 1.54) is 12.1 Å². The van der Waals surface area contributed by atoms with Crippen LogP contribution in [0.1, 0.15) is 23.8 Å². The summed E-state index contributed by atoms with van der Waals surface area (Å²) in [5.74, 6) is -2.21. The van der Waals surface area contributed by atoms with Gasteiger partial charge < -0.3 is 15.0 Å². The standard InChI is InChI=1S/C17H13ClFN3O3/c1-2-14(23)25-15-10(19)4-3-5-11(15)21-17(24)12-8-9-6-7-13(18)22-16(9)20-12/h3-8H,2H2,1H3,(H,20,22)(H,21,24). The van der Waals surface area contributed by atoms with Crippen molar-refractivity contribution in [1.82, 2.24) is 9.97 Å². The van der Waals surface area contributed by atoms with E-state index in [9.17, 15) is 14.0 Å². The van der Waals surface area contributed by atoms with E-state index in [-0.39, 0.29) is 23.6 Å². The number of halogens is 2. The third kappa shape index (κ3) is 3.61. The van der Waals surface area contributed by atoms with Gasteiger partial charge in [0.25, 0.3) is 5.91 Å². The molecule has 2 heterocycles. The Labute approximate surface area is 147 Å². The van der Waals surface area contributed by atoms with Gasteiger partial charge in [-0.3, -0.25) is 9.59 Å². The molecule has 8 heteroatoms. The molecule has 3 rings (SSSR count). The van der Waals surface area contributed by atoms with Crippen LogP contribution >= 0.6 is 11.6 Å². The lowest BCUT2D eigenvalue weighted by atomic mass is 10.2. The lowest BCUT2D eigenvalue weighted by Gasteiger charge is -2.11. The molecule has 2 N–H and O–H groups in total. The molecule has 3 aromatic rings. The molecule has 6 nitrogen and oxygen atoms in total. The van der Waals surface area contributed by atoms with Crippen molar-refractivity contribution >= 4 is 40.2 Å². The van der Waals surface area contributed by atoms with E-state index < -0.39 is 17.7 Å². The maximum Gasteiger partial charge on any atom is 0.311 e. The van der Waals surface area contributed by atoms with Crippen molar-refractivity contribution in [2.45, 2.75) is 13.3 Å². The number of fused-ring (bicyclic) bond motifs is 1. The van der Waals surface area contributed by atoms with Gasteiger partial charge in [-0.2, -0.15) is 0 Å². The largest absolute Gasteiger partial charge is 0.421 e. The minimum absolute atomic E-state index is 0.0523. The van der Waals surface area contributed by atoms with Gasteiger partial charge in [-0.15, -0.1) is 0 Å². The first-order chi connectivity index (χ1) is 12.0. The van der Waals surface area contributed by atoms with Crippen LogP contribution in [0.25, 0.3) is 11.0 Å². The van der Waals surface area contributed by atoms with Gasteiger partial charge in [0, 0.05) is 11.8 Å². The molecule has 25 heavy (non-hydrogen) atoms. The molecule has 1 aromatic carbocycles. The summed E-state index contributed by atoms with van der Waals surface area (Å²) < 4.78 is 18.9. The summed E-state index contributed by atoms with van der Waals surface area (Å²) >= 11 is 5.82. The van der Waals surface area contributed by atoms with Crippen LogP contribution in [0.2, 0.25) is 5.15 Å². The highest BCUT2D eigenvalue weighted by molar-refractivity contribution is 6.29. The van der Waals surface area contributed by atoms with E-state index in [0.29, 0.717) is 16.2 Å². The molecule has 2 aromatic heterocycles. The van der Waals surface area contributed by atoms with Gasteiger partial charge in [-0.1, -0.05) is 24.6 Å². The van der Waals surface area contributed by atoms with Crippen molar-refractivity contribution in [3.63, 3.8) is 0 Å². The Kier molecular flexibility index (Phi) is 4.67. The van der Waals surface area contributed by atoms with Crippen molar-refractivity contribution in [3.05, 3.63) is 53.1 Å². The van der Waals surface area contributed by atoms with Crippen LogP contribution in [-0.2, 0) is 4.79 Å². The molecule has 0 radical (unpaired) electrons. The second kappa shape index (κ2) is 6.90. The Morgan fingerprint density at radius 3 is 2.88 bits per heavy atom. The van der Waals surface area contributed by atoms with Gasteiger partial charge in [0.15, 0.2) is 11.6 Å². The smallest absolute Gasteiger partial charge is 0.311 e. The zero-order valence-electron chi connectivity index (χ0n) is 13.1. The fourth-order valence-electron chi connectivity index (χ4n) is 2.19. The molecule has 0 bridgehead atoms. The molecule has 0 saturated heterocycles. The zero-order valence-corrected chi connectivity index (χ0v) is 13.9. The van der Waals surface area contributed by atoms with Crippen LogP contribution in [0.4, 0.5) is 10.1 Å². The number of pyridine rings is 1. The first kappa shape index (κ1) is 16.9. The Morgan fingerprint density at radius 2 is 2.12 bits per heavy atom. The van der Waals surface area contributed by atoms with Crippen LogP contribution in [0, 0.1) is 5.82 Å². The number of hydrogen-bond donors (Lipinski definition) is 2. The van der Waals surface area contributed by atoms with E-state index in [1.807, 2.05) is 0 Å². The van der Waals surface area contributed by atoms with Crippen LogP contribution < -0.4 is 10.1 Å². The van der Waals surface area contributed by atoms with Crippen molar-refractivity contribution in [3.8, 4) is 5.75 Å². The molecule has 0 atom stereocenters. The quantitative estimate of drug-likeness (QED) is 0.419. The molecule has 0 aliphatic heterocycles. The average molecular weight is 362 g/mol. The van der Waals surface area contributed by atoms with Crippen molar-refractivity contribution in [2.75, 3.05) is 5.32 Å². The molecule has 128 valence electrons. The first-order valence-corrected chi connectivity index (χ1v) is 7.81. The third-order valence-corrected chi connectivity index (χ3v) is 3.62. The maximum atomic E-state index is 14.0. The Bertz CT molecular complexity index is 971. The number of rotatable bonds is 4. The minimum atomic E-state index is -0.746. The lowest BCUT2D eigenvalue weighted by molar-refractivity contribution is -0.134. The SMILES string of the molecule is CCC(=O)Oc1c(F)cccc1NC(=O)c1cc2ccc(Cl)nc2[nH]1. The number of para-hydroxylation sites is 1. The van der Waals surface area contributed by atoms with E-state index in [2.05, 4.69) is 15.3 Å². The number of anilines is 1. The monoisotopic (exact) mass is 361 g/mol. The summed E-state index contributed by atoms with van der Waals surface area (Å²) in [4.78, 5) is 30.8. The highest BCUT2D eigenvalue weighted by Gasteiger charge is 2.17. The highest BCUT2D eigenvalue weighted by Crippen LogP contribution is 2.29. The molecule has 0 aliphatic carbocycles. The van der Waals surface area contributed by atoms with Crippen molar-refractivity contribution in [1.29, 1.82) is 0 Å². The normalized spacial score (nSPS) is 10.7. The number of ether oxygens (including phenoxy) is 1. The van der Waals surface area contributed by atoms with Crippen LogP contribution in [0.3, 0.4) is 0 Å². The van der Waals surface area contributed by atoms with Crippen molar-refractivity contribution in [2.24, 2.45) is 0 Å². The summed E-state index contributed by atoms with van der Waals surface area (Å²) in [6.45, 7) is 1.59. The number of esters is 1. The molecular formula is C17H13ClFN3O3. The molecular weight excluding hydrogens is 349 g/mol. The number of carbonyl (C=O) groups is 2. The van der Waals surface area contributed by atoms with Crippen LogP contribution in [0.15, 0.2) is 36.4 Å². The van der Waals surface area contributed by atoms with Gasteiger partial charge in [0.1, 0.15) is 16.5 Å². The summed E-state index contributed by atoms with van der Waals surface area (Å²) in [6.07, 6.45) is 0.0795. The Hall–Kier alpha value is -2.93. The molecule has 0 aliphatic rings. The number of aromatic nitrogens is 2. The number of hydrogen-bond acceptors (Lipinski definition) is 4. The van der Waals surface area contributed by atoms with Gasteiger partial charge in [0.05, 0.1) is 5.69 Å². The molecule has 1 amide bonds. The van der Waals surface area contributed by atoms with Gasteiger partial charge >= 0.3 is 5.97 Å². The summed E-state index contributed by atoms with van der Waals surface area (Å²) in [7, 11) is 0. The zero-order chi connectivity index (χ0) is 18.0. The predicted octanol–water partition coefficient (Wildman–Crippen LogP) is 3.92. The average Bonchev–Trinajstić information content (AvgIpc) is 3.01. The van der Waals surface area contributed by atoms with E-state index in [4.69, 9.17) is 16.3 Å². The van der Waals surface area contributed by atoms with Gasteiger partial charge in [-0.25, -0.2) is 9.37 Å². The maximum absolute atomic E-state index is 14.0. The Morgan fingerprint density at radius 1 is 1.32 bits per heavy atom. The predicted molar refractivity (Wildman–Crippen MR) is 91.4 cm³/mol. The van der Waals surface area contributed by atoms with E-state index in [1.54, 1.807) is 25.1 Å². The number of H-pyrrole nitrogens is 1. The van der Waals surface area contributed by atoms with Crippen LogP contribution in [0.5, 0.6) is 5.75 Å². The fourth-order valence-corrected chi connectivity index (χ4v) is 2.34. The number of amides is 1. The topological polar surface area (TPSA) is 84.1 Å². The van der Waals surface area contributed by atoms with Crippen molar-refractivity contribution < 1.29 is 18.7 Å². The van der Waals surface area contributed by atoms with Gasteiger partial charge in [-0.05, 0) is 30.3 Å². The van der Waals surface area contributed by atoms with E-state index >= 15 is 0 Å². The molecule has 0 fully saturated rings. The molecule has 0 saturated carbocycles. The first-order valence-electron chi connectivity index (χ1n) is 7.43. The molecule has 0 unspecified atom stereocenters. The number of carbonyl (C=O) groups excluding carboxylic acids is 2. The molecule has 0 spiro atoms. The number of nitrogens with zero attached hydrogens (tertiary/aromatic N) is 1. The minimum Gasteiger partial charge on any atom is -0.421 e. The second-order valence-corrected chi connectivity index (χ2v) is 5.54. The lowest BCUT2D eigenvalue weighted by Crippen LogP contribution is -2.15.